The zero-order valence-electron chi connectivity index (χ0n) is 47.6. The van der Waals surface area contributed by atoms with Crippen molar-refractivity contribution in [3.8, 4) is 17.3 Å². The Hall–Kier alpha value is -6.42. The second-order valence-corrected chi connectivity index (χ2v) is 26.1. The smallest absolute Gasteiger partial charge is 0.135 e. The molecule has 1 aliphatic rings. The summed E-state index contributed by atoms with van der Waals surface area (Å²) in [5.74, 6) is 2.05. The molecule has 0 saturated carbocycles. The molecule has 0 N–H and O–H groups in total. The largest absolute Gasteiger partial charge is 0.509 e. The van der Waals surface area contributed by atoms with Crippen LogP contribution < -0.4 is 14.5 Å². The molecule has 9 aromatic rings. The molecule has 0 radical (unpaired) electrons. The molecule has 0 amide bonds. The number of nitrogens with zero attached hydrogens (tertiary/aromatic N) is 4. The van der Waals surface area contributed by atoms with E-state index in [1.165, 1.54) is 38.9 Å². The van der Waals surface area contributed by atoms with E-state index in [1.54, 1.807) is 0 Å². The summed E-state index contributed by atoms with van der Waals surface area (Å²) in [7, 11) is 0. The summed E-state index contributed by atoms with van der Waals surface area (Å²) in [6.45, 7) is 38.9. The molecule has 5 nitrogen and oxygen atoms in total. The Morgan fingerprint density at radius 2 is 0.974 bits per heavy atom. The molecule has 0 spiro atoms. The minimum absolute atomic E-state index is 0. The predicted octanol–water partition coefficient (Wildman–Crippen LogP) is 18.8. The topological polar surface area (TPSA) is 33.5 Å². The molecule has 0 saturated heterocycles. The number of benzene rings is 7. The van der Waals surface area contributed by atoms with Gasteiger partial charge in [0.15, 0.2) is 0 Å². The molecule has 7 aromatic carbocycles. The van der Waals surface area contributed by atoms with Gasteiger partial charge in [0.05, 0.1) is 0 Å². The zero-order chi connectivity index (χ0) is 53.6. The average Bonchev–Trinajstić information content (AvgIpc) is 3.96. The Morgan fingerprint density at radius 1 is 0.421 bits per heavy atom. The van der Waals surface area contributed by atoms with Gasteiger partial charge in [0.1, 0.15) is 5.82 Å². The van der Waals surface area contributed by atoms with Crippen molar-refractivity contribution in [2.24, 2.45) is 0 Å². The number of hydrogen-bond donors (Lipinski definition) is 0. The van der Waals surface area contributed by atoms with Crippen molar-refractivity contribution < 1.29 is 25.8 Å². The summed E-state index contributed by atoms with van der Waals surface area (Å²) in [4.78, 5) is 9.77. The van der Waals surface area contributed by atoms with E-state index >= 15 is 0 Å². The van der Waals surface area contributed by atoms with Crippen LogP contribution in [0.4, 0.5) is 22.7 Å². The SMILES string of the molecule is CC(C)(C)c1cc(Oc2[c-]c3c(cc2)c2cc(C(C)(C)c4ccccc4)ccc2n3-c2cc(C(C)(C)c3ccccc3)ccn2)[c-]c(N2[CH-]N(c3cc(C(C)(C)C)cc(C(C)(C)C)c3)c3cc(C(C)(C)C)ccc32)c1.[Pt]. The molecule has 394 valence electrons. The van der Waals surface area contributed by atoms with Crippen LogP contribution in [0.2, 0.25) is 0 Å². The van der Waals surface area contributed by atoms with Crippen molar-refractivity contribution in [1.29, 1.82) is 0 Å². The number of ether oxygens (including phenoxy) is 1. The van der Waals surface area contributed by atoms with Crippen molar-refractivity contribution in [3.05, 3.63) is 221 Å². The molecular weight excluding hydrogens is 1110 g/mol. The molecule has 3 heterocycles. The van der Waals surface area contributed by atoms with Crippen molar-refractivity contribution in [2.45, 2.75) is 143 Å². The Labute approximate surface area is 468 Å². The van der Waals surface area contributed by atoms with Gasteiger partial charge < -0.3 is 19.1 Å². The first-order valence-corrected chi connectivity index (χ1v) is 26.8. The first-order valence-electron chi connectivity index (χ1n) is 26.8. The second kappa shape index (κ2) is 19.5. The quantitative estimate of drug-likeness (QED) is 0.135. The molecular formula is C70H75N4OPt-3. The predicted molar refractivity (Wildman–Crippen MR) is 316 cm³/mol. The fourth-order valence-electron chi connectivity index (χ4n) is 10.5. The normalized spacial score (nSPS) is 13.6. The number of rotatable bonds is 9. The number of aromatic nitrogens is 2. The van der Waals surface area contributed by atoms with Crippen LogP contribution in [0.25, 0.3) is 27.6 Å². The summed E-state index contributed by atoms with van der Waals surface area (Å²) < 4.78 is 9.31. The van der Waals surface area contributed by atoms with Gasteiger partial charge in [0, 0.05) is 72.2 Å². The molecule has 76 heavy (non-hydrogen) atoms. The van der Waals surface area contributed by atoms with E-state index in [2.05, 4.69) is 296 Å². The minimum atomic E-state index is -0.265. The monoisotopic (exact) mass is 1180 g/mol. The Balaban J connectivity index is 0.00000706. The maximum Gasteiger partial charge on any atom is 0.135 e. The molecule has 10 rings (SSSR count). The third-order valence-electron chi connectivity index (χ3n) is 15.8. The number of pyridine rings is 1. The molecule has 0 atom stereocenters. The maximum absolute atomic E-state index is 7.05. The van der Waals surface area contributed by atoms with E-state index in [-0.39, 0.29) is 53.6 Å². The van der Waals surface area contributed by atoms with E-state index in [1.807, 2.05) is 6.20 Å². The zero-order valence-corrected chi connectivity index (χ0v) is 49.9. The third kappa shape index (κ3) is 10.3. The van der Waals surface area contributed by atoms with Crippen LogP contribution in [-0.4, -0.2) is 9.55 Å². The summed E-state index contributed by atoms with van der Waals surface area (Å²) in [6, 6.07) is 63.1. The van der Waals surface area contributed by atoms with Crippen molar-refractivity contribution >= 4 is 44.6 Å². The molecule has 2 aromatic heterocycles. The Morgan fingerprint density at radius 3 is 1.55 bits per heavy atom. The number of fused-ring (bicyclic) bond motifs is 4. The fraction of sp³-hybridized carbons (Fsp3) is 0.314. The van der Waals surface area contributed by atoms with E-state index in [0.29, 0.717) is 11.5 Å². The van der Waals surface area contributed by atoms with Crippen LogP contribution in [0.3, 0.4) is 0 Å². The van der Waals surface area contributed by atoms with Crippen molar-refractivity contribution in [3.63, 3.8) is 0 Å². The summed E-state index contributed by atoms with van der Waals surface area (Å²) in [5, 5.41) is 2.21. The van der Waals surface area contributed by atoms with Gasteiger partial charge in [-0.3, -0.25) is 0 Å². The van der Waals surface area contributed by atoms with E-state index in [0.717, 1.165) is 55.9 Å². The molecule has 6 heteroatoms. The Bertz CT molecular complexity index is 3560. The molecule has 0 aliphatic carbocycles. The number of anilines is 4. The Kier molecular flexibility index (Phi) is 14.0. The van der Waals surface area contributed by atoms with Crippen LogP contribution in [0.5, 0.6) is 11.5 Å². The second-order valence-electron chi connectivity index (χ2n) is 26.1. The van der Waals surface area contributed by atoms with Gasteiger partial charge in [0.2, 0.25) is 0 Å². The third-order valence-corrected chi connectivity index (χ3v) is 15.8. The first kappa shape index (κ1) is 54.4. The molecule has 1 aliphatic heterocycles. The van der Waals surface area contributed by atoms with Crippen LogP contribution in [0.15, 0.2) is 158 Å². The van der Waals surface area contributed by atoms with Crippen molar-refractivity contribution in [2.75, 3.05) is 9.80 Å². The maximum atomic E-state index is 7.05. The average molecular weight is 1180 g/mol. The molecule has 0 fully saturated rings. The fourth-order valence-corrected chi connectivity index (χ4v) is 10.5. The van der Waals surface area contributed by atoms with E-state index in [4.69, 9.17) is 9.72 Å². The van der Waals surface area contributed by atoms with Crippen molar-refractivity contribution in [1.82, 2.24) is 9.55 Å². The van der Waals surface area contributed by atoms with Gasteiger partial charge in [0.25, 0.3) is 0 Å². The first-order chi connectivity index (χ1) is 35.2. The summed E-state index contributed by atoms with van der Waals surface area (Å²) in [6.07, 6.45) is 1.94. The number of hydrogen-bond acceptors (Lipinski definition) is 4. The van der Waals surface area contributed by atoms with Gasteiger partial charge >= 0.3 is 0 Å². The van der Waals surface area contributed by atoms with Gasteiger partial charge in [-0.05, 0) is 108 Å². The standard InChI is InChI=1S/C70H75N4O.Pt/c1-65(2,3)48-27-32-61-63(41-48)73(54-36-51(66(4,5)6)35-52(37-54)67(7,8)9)45-72(61)55-38-53(68(10,11)12)39-57(43-55)75-56-29-30-58-59-40-49(69(13,14)46-23-19-17-20-24-46)28-31-60(59)74(62(58)44-56)64-42-50(33-34-71-64)70(15,16)47-25-21-18-22-26-47;/h17-42,45H,1-16H3;/q-3;. The van der Waals surface area contributed by atoms with E-state index < -0.39 is 0 Å². The summed E-state index contributed by atoms with van der Waals surface area (Å²) >= 11 is 0. The van der Waals surface area contributed by atoms with Gasteiger partial charge in [-0.25, -0.2) is 4.98 Å². The van der Waals surface area contributed by atoms with Crippen LogP contribution in [0, 0.1) is 18.8 Å². The van der Waals surface area contributed by atoms with Gasteiger partial charge in [-0.15, -0.1) is 53.6 Å². The van der Waals surface area contributed by atoms with Gasteiger partial charge in [-0.1, -0.05) is 201 Å². The van der Waals surface area contributed by atoms with Gasteiger partial charge in [-0.2, -0.15) is 6.07 Å². The summed E-state index contributed by atoms with van der Waals surface area (Å²) in [5.41, 5.74) is 15.4. The van der Waals surface area contributed by atoms with Crippen LogP contribution >= 0.6 is 0 Å². The minimum Gasteiger partial charge on any atom is -0.509 e. The molecule has 0 bridgehead atoms. The van der Waals surface area contributed by atoms with E-state index in [9.17, 15) is 0 Å². The van der Waals surface area contributed by atoms with Crippen LogP contribution in [-0.2, 0) is 53.6 Å². The molecule has 0 unspecified atom stereocenters. The van der Waals surface area contributed by atoms with Crippen LogP contribution in [0.1, 0.15) is 155 Å².